The number of halogens is 1. The molecule has 25 heavy (non-hydrogen) atoms. The van der Waals surface area contributed by atoms with Gasteiger partial charge in [0.05, 0.1) is 12.6 Å². The number of aromatic nitrogens is 2. The zero-order valence-corrected chi connectivity index (χ0v) is 13.1. The van der Waals surface area contributed by atoms with E-state index in [4.69, 9.17) is 9.47 Å². The first-order valence-corrected chi connectivity index (χ1v) is 7.89. The molecule has 0 radical (unpaired) electrons. The summed E-state index contributed by atoms with van der Waals surface area (Å²) < 4.78 is 26.1. The van der Waals surface area contributed by atoms with E-state index in [0.717, 1.165) is 0 Å². The number of nitrogens with zero attached hydrogens (tertiary/aromatic N) is 2. The molecule has 0 aliphatic carbocycles. The molecule has 2 fully saturated rings. The predicted octanol–water partition coefficient (Wildman–Crippen LogP) is 0.870. The van der Waals surface area contributed by atoms with Gasteiger partial charge in [-0.1, -0.05) is 6.07 Å². The van der Waals surface area contributed by atoms with E-state index >= 15 is 0 Å². The van der Waals surface area contributed by atoms with Crippen molar-refractivity contribution in [3.63, 3.8) is 0 Å². The molecule has 2 aromatic rings. The van der Waals surface area contributed by atoms with Crippen LogP contribution in [-0.4, -0.2) is 52.1 Å². The fourth-order valence-electron chi connectivity index (χ4n) is 3.20. The summed E-state index contributed by atoms with van der Waals surface area (Å²) in [4.78, 5) is 12.2. The average Bonchev–Trinajstić information content (AvgIpc) is 3.23. The van der Waals surface area contributed by atoms with Gasteiger partial charge < -0.3 is 25.2 Å². The van der Waals surface area contributed by atoms with Crippen LogP contribution in [0.3, 0.4) is 0 Å². The van der Waals surface area contributed by atoms with Gasteiger partial charge in [0.15, 0.2) is 6.29 Å². The molecule has 0 spiro atoms. The number of carbonyl (C=O) groups excluding carboxylic acids is 1. The number of hydrogen-bond acceptors (Lipinski definition) is 5. The number of nitrogens with one attached hydrogen (secondary N) is 2. The second-order valence-corrected chi connectivity index (χ2v) is 5.98. The Bertz CT molecular complexity index is 756. The molecule has 8 nitrogen and oxygen atoms in total. The lowest BCUT2D eigenvalue weighted by molar-refractivity contribution is -0.166. The lowest BCUT2D eigenvalue weighted by Gasteiger charge is -2.38. The van der Waals surface area contributed by atoms with Crippen molar-refractivity contribution in [3.8, 4) is 0 Å². The van der Waals surface area contributed by atoms with E-state index in [-0.39, 0.29) is 6.61 Å². The van der Waals surface area contributed by atoms with Gasteiger partial charge in [-0.25, -0.2) is 9.18 Å². The SMILES string of the molecule is O=C(Nc1cccc(F)c1)N[C@H]1[C@H](O)[C@@H](n2cccn2)[C@@H]2OC[C@H]1O2. The Morgan fingerprint density at radius 2 is 2.28 bits per heavy atom. The highest BCUT2D eigenvalue weighted by atomic mass is 19.1. The minimum absolute atomic E-state index is 0.254. The molecule has 0 saturated carbocycles. The lowest BCUT2D eigenvalue weighted by Crippen LogP contribution is -2.59. The van der Waals surface area contributed by atoms with E-state index in [9.17, 15) is 14.3 Å². The van der Waals surface area contributed by atoms with Crippen LogP contribution in [0.15, 0.2) is 42.7 Å². The second kappa shape index (κ2) is 6.43. The summed E-state index contributed by atoms with van der Waals surface area (Å²) in [7, 11) is 0. The molecule has 3 N–H and O–H groups in total. The maximum absolute atomic E-state index is 13.2. The van der Waals surface area contributed by atoms with Crippen molar-refractivity contribution in [2.75, 3.05) is 11.9 Å². The number of benzene rings is 1. The predicted molar refractivity (Wildman–Crippen MR) is 84.2 cm³/mol. The fraction of sp³-hybridized carbons (Fsp3) is 0.375. The Morgan fingerprint density at radius 1 is 1.40 bits per heavy atom. The number of amides is 2. The molecule has 4 rings (SSSR count). The Balaban J connectivity index is 1.48. The van der Waals surface area contributed by atoms with Gasteiger partial charge in [0.2, 0.25) is 0 Å². The molecule has 3 heterocycles. The molecule has 2 bridgehead atoms. The van der Waals surface area contributed by atoms with Crippen molar-refractivity contribution in [2.24, 2.45) is 0 Å². The summed E-state index contributed by atoms with van der Waals surface area (Å²) >= 11 is 0. The third-order valence-electron chi connectivity index (χ3n) is 4.34. The van der Waals surface area contributed by atoms with Crippen molar-refractivity contribution in [2.45, 2.75) is 30.6 Å². The van der Waals surface area contributed by atoms with E-state index in [2.05, 4.69) is 15.7 Å². The minimum Gasteiger partial charge on any atom is -0.388 e. The smallest absolute Gasteiger partial charge is 0.319 e. The van der Waals surface area contributed by atoms with Gasteiger partial charge in [-0.05, 0) is 24.3 Å². The number of ether oxygens (including phenoxy) is 2. The Kier molecular flexibility index (Phi) is 4.12. The molecule has 1 aromatic heterocycles. The summed E-state index contributed by atoms with van der Waals surface area (Å²) in [5.41, 5.74) is 0.313. The maximum atomic E-state index is 13.2. The number of urea groups is 1. The van der Waals surface area contributed by atoms with Crippen LogP contribution in [0, 0.1) is 5.82 Å². The summed E-state index contributed by atoms with van der Waals surface area (Å²) in [5, 5.41) is 20.1. The number of fused-ring (bicyclic) bond motifs is 2. The number of carbonyl (C=O) groups is 1. The molecule has 5 atom stereocenters. The minimum atomic E-state index is -0.954. The van der Waals surface area contributed by atoms with Gasteiger partial charge in [-0.15, -0.1) is 0 Å². The Labute approximate surface area is 142 Å². The van der Waals surface area contributed by atoms with Crippen LogP contribution >= 0.6 is 0 Å². The highest BCUT2D eigenvalue weighted by molar-refractivity contribution is 5.89. The lowest BCUT2D eigenvalue weighted by atomic mass is 9.96. The second-order valence-electron chi connectivity index (χ2n) is 5.98. The van der Waals surface area contributed by atoms with Crippen LogP contribution in [-0.2, 0) is 9.47 Å². The topological polar surface area (TPSA) is 97.6 Å². The van der Waals surface area contributed by atoms with Crippen LogP contribution < -0.4 is 10.6 Å². The molecule has 2 aliphatic rings. The summed E-state index contributed by atoms with van der Waals surface area (Å²) in [6, 6.07) is 5.44. The number of anilines is 1. The third kappa shape index (κ3) is 3.09. The normalized spacial score (nSPS) is 30.9. The van der Waals surface area contributed by atoms with Gasteiger partial charge in [0.1, 0.15) is 24.1 Å². The number of hydrogen-bond donors (Lipinski definition) is 3. The molecule has 9 heteroatoms. The first-order valence-electron chi connectivity index (χ1n) is 7.89. The van der Waals surface area contributed by atoms with Gasteiger partial charge in [-0.3, -0.25) is 4.68 Å². The van der Waals surface area contributed by atoms with Crippen LogP contribution in [0.2, 0.25) is 0 Å². The zero-order valence-electron chi connectivity index (χ0n) is 13.1. The molecule has 2 saturated heterocycles. The average molecular weight is 348 g/mol. The summed E-state index contributed by atoms with van der Waals surface area (Å²) in [6.45, 7) is 0.254. The van der Waals surface area contributed by atoms with E-state index < -0.39 is 42.4 Å². The standard InChI is InChI=1S/C16H17FN4O4/c17-9-3-1-4-10(7-9)19-16(23)20-12-11-8-24-15(25-11)13(14(12)22)21-6-2-5-18-21/h1-7,11-15,22H,8H2,(H2,19,20,23)/t11-,12-,13-,14+,15-/m1/s1. The van der Waals surface area contributed by atoms with Crippen molar-refractivity contribution >= 4 is 11.7 Å². The van der Waals surface area contributed by atoms with Crippen LogP contribution in [0.4, 0.5) is 14.9 Å². The van der Waals surface area contributed by atoms with E-state index in [1.807, 2.05) is 0 Å². The zero-order chi connectivity index (χ0) is 17.4. The van der Waals surface area contributed by atoms with Gasteiger partial charge in [0.25, 0.3) is 0 Å². The molecular weight excluding hydrogens is 331 g/mol. The van der Waals surface area contributed by atoms with E-state index in [1.54, 1.807) is 29.2 Å². The molecular formula is C16H17FN4O4. The van der Waals surface area contributed by atoms with Crippen LogP contribution in [0.1, 0.15) is 6.04 Å². The first-order chi connectivity index (χ1) is 12.1. The van der Waals surface area contributed by atoms with Crippen molar-refractivity contribution in [1.82, 2.24) is 15.1 Å². The molecule has 0 unspecified atom stereocenters. The Morgan fingerprint density at radius 3 is 3.04 bits per heavy atom. The van der Waals surface area contributed by atoms with Crippen LogP contribution in [0.25, 0.3) is 0 Å². The van der Waals surface area contributed by atoms with Crippen molar-refractivity contribution < 1.29 is 23.8 Å². The number of aliphatic hydroxyl groups is 1. The molecule has 132 valence electrons. The quantitative estimate of drug-likeness (QED) is 0.765. The summed E-state index contributed by atoms with van der Waals surface area (Å²) in [5.74, 6) is -0.454. The highest BCUT2D eigenvalue weighted by Crippen LogP contribution is 2.35. The van der Waals surface area contributed by atoms with Gasteiger partial charge >= 0.3 is 6.03 Å². The van der Waals surface area contributed by atoms with E-state index in [1.165, 1.54) is 18.2 Å². The number of aliphatic hydroxyl groups excluding tert-OH is 1. The molecule has 1 aromatic carbocycles. The summed E-state index contributed by atoms with van der Waals surface area (Å²) in [6.07, 6.45) is 1.24. The van der Waals surface area contributed by atoms with Gasteiger partial charge in [0, 0.05) is 18.1 Å². The largest absolute Gasteiger partial charge is 0.388 e. The van der Waals surface area contributed by atoms with Crippen molar-refractivity contribution in [1.29, 1.82) is 0 Å². The van der Waals surface area contributed by atoms with Crippen LogP contribution in [0.5, 0.6) is 0 Å². The van der Waals surface area contributed by atoms with E-state index in [0.29, 0.717) is 5.69 Å². The van der Waals surface area contributed by atoms with Crippen molar-refractivity contribution in [3.05, 3.63) is 48.5 Å². The fourth-order valence-corrected chi connectivity index (χ4v) is 3.20. The maximum Gasteiger partial charge on any atom is 0.319 e. The third-order valence-corrected chi connectivity index (χ3v) is 4.34. The highest BCUT2D eigenvalue weighted by Gasteiger charge is 2.51. The Hall–Kier alpha value is -2.49. The number of rotatable bonds is 3. The molecule has 2 amide bonds. The molecule has 2 aliphatic heterocycles. The monoisotopic (exact) mass is 348 g/mol. The van der Waals surface area contributed by atoms with Gasteiger partial charge in [-0.2, -0.15) is 5.10 Å². The first kappa shape index (κ1) is 16.0.